The normalized spacial score (nSPS) is 16.0. The van der Waals surface area contributed by atoms with Gasteiger partial charge in [-0.1, -0.05) is 84.9 Å². The lowest BCUT2D eigenvalue weighted by atomic mass is 9.81. The largest absolute Gasteiger partial charge is 0.326 e. The molecule has 0 radical (unpaired) electrons. The van der Waals surface area contributed by atoms with Crippen LogP contribution in [0.15, 0.2) is 91.0 Å². The second-order valence-electron chi connectivity index (χ2n) is 7.04. The summed E-state index contributed by atoms with van der Waals surface area (Å²) in [5, 5.41) is 5.47. The molecule has 130 valence electrons. The van der Waals surface area contributed by atoms with Crippen LogP contribution in [0.2, 0.25) is 0 Å². The molecule has 1 N–H and O–H groups in total. The molecule has 0 unspecified atom stereocenters. The molecule has 1 amide bonds. The Morgan fingerprint density at radius 1 is 0.704 bits per heavy atom. The van der Waals surface area contributed by atoms with Crippen molar-refractivity contribution >= 4 is 22.4 Å². The first-order chi connectivity index (χ1) is 13.3. The first kappa shape index (κ1) is 15.8. The number of carbonyl (C=O) groups is 1. The van der Waals surface area contributed by atoms with Gasteiger partial charge >= 0.3 is 0 Å². The van der Waals surface area contributed by atoms with Crippen molar-refractivity contribution in [2.24, 2.45) is 0 Å². The van der Waals surface area contributed by atoms with Crippen LogP contribution in [-0.2, 0) is 4.79 Å². The number of benzene rings is 4. The van der Waals surface area contributed by atoms with Gasteiger partial charge in [-0.2, -0.15) is 0 Å². The maximum atomic E-state index is 12.3. The van der Waals surface area contributed by atoms with Gasteiger partial charge in [-0.25, -0.2) is 0 Å². The van der Waals surface area contributed by atoms with Gasteiger partial charge in [-0.05, 0) is 39.1 Å². The third kappa shape index (κ3) is 2.80. The summed E-state index contributed by atoms with van der Waals surface area (Å²) in [7, 11) is 0. The van der Waals surface area contributed by atoms with Gasteiger partial charge in [0.25, 0.3) is 0 Å². The third-order valence-corrected chi connectivity index (χ3v) is 5.40. The summed E-state index contributed by atoms with van der Waals surface area (Å²) in [6.45, 7) is 0. The smallest absolute Gasteiger partial charge is 0.225 e. The van der Waals surface area contributed by atoms with Gasteiger partial charge < -0.3 is 5.32 Å². The van der Waals surface area contributed by atoms with E-state index >= 15 is 0 Å². The first-order valence-corrected chi connectivity index (χ1v) is 9.26. The predicted octanol–water partition coefficient (Wildman–Crippen LogP) is 5.98. The molecule has 0 spiro atoms. The molecule has 2 nitrogen and oxygen atoms in total. The van der Waals surface area contributed by atoms with E-state index in [9.17, 15) is 4.79 Å². The number of nitrogens with one attached hydrogen (secondary N) is 1. The van der Waals surface area contributed by atoms with Crippen LogP contribution in [-0.4, -0.2) is 5.91 Å². The van der Waals surface area contributed by atoms with Crippen molar-refractivity contribution in [1.29, 1.82) is 0 Å². The van der Waals surface area contributed by atoms with Gasteiger partial charge in [-0.3, -0.25) is 4.79 Å². The Balaban J connectivity index is 1.62. The van der Waals surface area contributed by atoms with Crippen LogP contribution in [0.25, 0.3) is 21.9 Å². The van der Waals surface area contributed by atoms with E-state index in [1.54, 1.807) is 0 Å². The molecule has 0 fully saturated rings. The van der Waals surface area contributed by atoms with E-state index in [-0.39, 0.29) is 11.8 Å². The highest BCUT2D eigenvalue weighted by Crippen LogP contribution is 2.41. The fraction of sp³-hybridized carbons (Fsp3) is 0.0800. The molecule has 2 heteroatoms. The number of anilines is 1. The van der Waals surface area contributed by atoms with E-state index in [0.29, 0.717) is 6.42 Å². The second-order valence-corrected chi connectivity index (χ2v) is 7.04. The molecular formula is C25H19NO. The fourth-order valence-electron chi connectivity index (χ4n) is 4.09. The minimum Gasteiger partial charge on any atom is -0.326 e. The molecule has 0 aliphatic carbocycles. The van der Waals surface area contributed by atoms with Crippen LogP contribution in [0.1, 0.15) is 23.5 Å². The van der Waals surface area contributed by atoms with E-state index in [4.69, 9.17) is 0 Å². The molecular weight excluding hydrogens is 330 g/mol. The number of amides is 1. The lowest BCUT2D eigenvalue weighted by molar-refractivity contribution is -0.116. The van der Waals surface area contributed by atoms with Gasteiger partial charge in [0, 0.05) is 18.0 Å². The zero-order valence-electron chi connectivity index (χ0n) is 14.9. The van der Waals surface area contributed by atoms with Gasteiger partial charge in [0.2, 0.25) is 5.91 Å². The molecule has 1 aliphatic rings. The van der Waals surface area contributed by atoms with Gasteiger partial charge in [0.15, 0.2) is 0 Å². The number of fused-ring (bicyclic) bond motifs is 3. The molecule has 0 saturated carbocycles. The molecule has 0 aromatic heterocycles. The average molecular weight is 349 g/mol. The molecule has 0 bridgehead atoms. The lowest BCUT2D eigenvalue weighted by Crippen LogP contribution is -2.23. The maximum absolute atomic E-state index is 12.3. The number of carbonyl (C=O) groups excluding carboxylic acids is 1. The zero-order chi connectivity index (χ0) is 18.2. The van der Waals surface area contributed by atoms with E-state index in [2.05, 4.69) is 84.2 Å². The minimum atomic E-state index is 0.0738. The Morgan fingerprint density at radius 3 is 2.22 bits per heavy atom. The highest BCUT2D eigenvalue weighted by Gasteiger charge is 2.28. The molecule has 4 aromatic carbocycles. The van der Waals surface area contributed by atoms with Crippen LogP contribution in [0.3, 0.4) is 0 Å². The van der Waals surface area contributed by atoms with E-state index in [0.717, 1.165) is 5.69 Å². The highest BCUT2D eigenvalue weighted by atomic mass is 16.1. The first-order valence-electron chi connectivity index (χ1n) is 9.26. The Kier molecular flexibility index (Phi) is 3.75. The summed E-state index contributed by atoms with van der Waals surface area (Å²) in [6.07, 6.45) is 0.478. The standard InChI is InChI=1S/C25H19NO/c27-24-16-22(20-12-10-18(11-13-20)17-6-2-1-3-7-17)25-21-9-5-4-8-19(21)14-15-23(25)26-24/h1-15,22H,16H2,(H,26,27)/t22-/m1/s1. The van der Waals surface area contributed by atoms with Crippen molar-refractivity contribution in [3.05, 3.63) is 102 Å². The lowest BCUT2D eigenvalue weighted by Gasteiger charge is -2.27. The van der Waals surface area contributed by atoms with E-state index < -0.39 is 0 Å². The van der Waals surface area contributed by atoms with Crippen LogP contribution >= 0.6 is 0 Å². The number of hydrogen-bond donors (Lipinski definition) is 1. The Morgan fingerprint density at radius 2 is 1.41 bits per heavy atom. The highest BCUT2D eigenvalue weighted by molar-refractivity contribution is 6.01. The summed E-state index contributed by atoms with van der Waals surface area (Å²) in [5.41, 5.74) is 5.73. The van der Waals surface area contributed by atoms with Gasteiger partial charge in [-0.15, -0.1) is 0 Å². The van der Waals surface area contributed by atoms with Crippen molar-refractivity contribution in [3.8, 4) is 11.1 Å². The van der Waals surface area contributed by atoms with E-state index in [1.807, 2.05) is 12.1 Å². The number of rotatable bonds is 2. The summed E-state index contributed by atoms with van der Waals surface area (Å²) >= 11 is 0. The van der Waals surface area contributed by atoms with Crippen molar-refractivity contribution in [2.75, 3.05) is 5.32 Å². The second kappa shape index (κ2) is 6.40. The molecule has 1 heterocycles. The van der Waals surface area contributed by atoms with Crippen LogP contribution in [0, 0.1) is 0 Å². The predicted molar refractivity (Wildman–Crippen MR) is 111 cm³/mol. The van der Waals surface area contributed by atoms with Crippen molar-refractivity contribution in [2.45, 2.75) is 12.3 Å². The van der Waals surface area contributed by atoms with Crippen LogP contribution in [0.4, 0.5) is 5.69 Å². The Hall–Kier alpha value is -3.39. The van der Waals surface area contributed by atoms with E-state index in [1.165, 1.54) is 33.0 Å². The zero-order valence-corrected chi connectivity index (χ0v) is 14.9. The van der Waals surface area contributed by atoms with Crippen molar-refractivity contribution < 1.29 is 4.79 Å². The maximum Gasteiger partial charge on any atom is 0.225 e. The van der Waals surface area contributed by atoms with Gasteiger partial charge in [0.1, 0.15) is 0 Å². The molecule has 27 heavy (non-hydrogen) atoms. The number of hydrogen-bond acceptors (Lipinski definition) is 1. The molecule has 5 rings (SSSR count). The van der Waals surface area contributed by atoms with Crippen LogP contribution < -0.4 is 5.32 Å². The molecule has 1 aliphatic heterocycles. The summed E-state index contributed by atoms with van der Waals surface area (Å²) < 4.78 is 0. The summed E-state index contributed by atoms with van der Waals surface area (Å²) in [5.74, 6) is 0.152. The minimum absolute atomic E-state index is 0.0738. The molecule has 1 atom stereocenters. The topological polar surface area (TPSA) is 29.1 Å². The Labute approximate surface area is 158 Å². The fourth-order valence-corrected chi connectivity index (χ4v) is 4.09. The quantitative estimate of drug-likeness (QED) is 0.474. The SMILES string of the molecule is O=C1C[C@H](c2ccc(-c3ccccc3)cc2)c2c(ccc3ccccc23)N1. The monoisotopic (exact) mass is 349 g/mol. The third-order valence-electron chi connectivity index (χ3n) is 5.40. The molecule has 4 aromatic rings. The Bertz CT molecular complexity index is 1130. The van der Waals surface area contributed by atoms with Crippen LogP contribution in [0.5, 0.6) is 0 Å². The van der Waals surface area contributed by atoms with Crippen molar-refractivity contribution in [3.63, 3.8) is 0 Å². The summed E-state index contributed by atoms with van der Waals surface area (Å²) in [4.78, 5) is 12.3. The molecule has 0 saturated heterocycles. The average Bonchev–Trinajstić information content (AvgIpc) is 2.73. The summed E-state index contributed by atoms with van der Waals surface area (Å²) in [6, 6.07) is 31.5. The van der Waals surface area contributed by atoms with Gasteiger partial charge in [0.05, 0.1) is 0 Å². The van der Waals surface area contributed by atoms with Crippen molar-refractivity contribution in [1.82, 2.24) is 0 Å².